The summed E-state index contributed by atoms with van der Waals surface area (Å²) in [6, 6.07) is 13.5. The number of aryl methyl sites for hydroxylation is 1. The lowest BCUT2D eigenvalue weighted by atomic mass is 10.0. The van der Waals surface area contributed by atoms with Gasteiger partial charge in [0.05, 0.1) is 16.8 Å². The number of carbonyl (C=O) groups excluding carboxylic acids is 1. The van der Waals surface area contributed by atoms with E-state index in [9.17, 15) is 4.79 Å². The first-order valence-corrected chi connectivity index (χ1v) is 13.1. The summed E-state index contributed by atoms with van der Waals surface area (Å²) in [5.74, 6) is 0.935. The molecule has 1 amide bonds. The molecule has 0 aliphatic heterocycles. The van der Waals surface area contributed by atoms with Crippen LogP contribution in [0, 0.1) is 6.92 Å². The van der Waals surface area contributed by atoms with Gasteiger partial charge in [-0.05, 0) is 43.9 Å². The van der Waals surface area contributed by atoms with Gasteiger partial charge in [-0.25, -0.2) is 9.97 Å². The van der Waals surface area contributed by atoms with Crippen molar-refractivity contribution in [3.8, 4) is 11.3 Å². The molecule has 0 saturated carbocycles. The van der Waals surface area contributed by atoms with Gasteiger partial charge in [-0.3, -0.25) is 14.8 Å². The summed E-state index contributed by atoms with van der Waals surface area (Å²) in [7, 11) is 0. The third-order valence-electron chi connectivity index (χ3n) is 5.63. The highest BCUT2D eigenvalue weighted by molar-refractivity contribution is 7.98. The van der Waals surface area contributed by atoms with Crippen molar-refractivity contribution in [2.75, 3.05) is 24.0 Å². The predicted molar refractivity (Wildman–Crippen MR) is 144 cm³/mol. The quantitative estimate of drug-likeness (QED) is 0.299. The molecule has 0 fully saturated rings. The topological polar surface area (TPSA) is 92.7 Å². The molecule has 9 heteroatoms. The fourth-order valence-corrected chi connectivity index (χ4v) is 4.52. The summed E-state index contributed by atoms with van der Waals surface area (Å²) >= 11 is 7.59. The van der Waals surface area contributed by atoms with E-state index in [0.717, 1.165) is 39.2 Å². The fraction of sp³-hybridized carbons (Fsp3) is 0.269. The second kappa shape index (κ2) is 11.5. The van der Waals surface area contributed by atoms with Crippen molar-refractivity contribution in [1.29, 1.82) is 0 Å². The Bertz CT molecular complexity index is 1320. The minimum atomic E-state index is -0.152. The highest BCUT2D eigenvalue weighted by Crippen LogP contribution is 2.33. The molecule has 3 heterocycles. The monoisotopic (exact) mass is 506 g/mol. The third kappa shape index (κ3) is 5.89. The average molecular weight is 507 g/mol. The lowest BCUT2D eigenvalue weighted by Crippen LogP contribution is -2.33. The van der Waals surface area contributed by atoms with Gasteiger partial charge in [0.25, 0.3) is 5.91 Å². The second-order valence-corrected chi connectivity index (χ2v) is 9.56. The van der Waals surface area contributed by atoms with Crippen molar-refractivity contribution in [1.82, 2.24) is 25.3 Å². The number of pyridine rings is 2. The van der Waals surface area contributed by atoms with Gasteiger partial charge in [0, 0.05) is 58.8 Å². The number of fused-ring (bicyclic) bond motifs is 1. The van der Waals surface area contributed by atoms with E-state index >= 15 is 0 Å². The van der Waals surface area contributed by atoms with Gasteiger partial charge >= 0.3 is 0 Å². The van der Waals surface area contributed by atoms with Crippen LogP contribution in [0.3, 0.4) is 0 Å². The summed E-state index contributed by atoms with van der Waals surface area (Å²) in [5, 5.41) is 7.28. The summed E-state index contributed by atoms with van der Waals surface area (Å²) < 4.78 is 0. The number of hydrogen-bond acceptors (Lipinski definition) is 7. The molecule has 0 saturated heterocycles. The number of amides is 1. The zero-order valence-corrected chi connectivity index (χ0v) is 21.4. The molecule has 3 aromatic heterocycles. The molecule has 0 aliphatic carbocycles. The largest absolute Gasteiger partial charge is 0.368 e. The molecule has 0 bridgehead atoms. The van der Waals surface area contributed by atoms with Crippen molar-refractivity contribution in [2.45, 2.75) is 25.1 Å². The van der Waals surface area contributed by atoms with Crippen LogP contribution in [0.2, 0.25) is 0 Å². The number of carbonyl (C=O) groups is 1. The number of benzene rings is 1. The number of rotatable bonds is 9. The van der Waals surface area contributed by atoms with Gasteiger partial charge in [-0.2, -0.15) is 11.8 Å². The number of hydrogen-bond donors (Lipinski definition) is 2. The van der Waals surface area contributed by atoms with Crippen LogP contribution in [-0.4, -0.2) is 50.6 Å². The zero-order valence-electron chi connectivity index (χ0n) is 19.8. The fourth-order valence-electron chi connectivity index (χ4n) is 3.75. The number of alkyl halides is 1. The number of thioether (sulfide) groups is 1. The molecular formula is C26H27ClN6OS. The molecule has 4 rings (SSSR count). The first-order chi connectivity index (χ1) is 17.0. The van der Waals surface area contributed by atoms with Crippen molar-refractivity contribution >= 4 is 46.0 Å². The molecule has 2 unspecified atom stereocenters. The lowest BCUT2D eigenvalue weighted by Gasteiger charge is -2.19. The first-order valence-electron chi connectivity index (χ1n) is 11.3. The van der Waals surface area contributed by atoms with Gasteiger partial charge in [-0.15, -0.1) is 11.6 Å². The van der Waals surface area contributed by atoms with Crippen LogP contribution < -0.4 is 10.6 Å². The molecule has 4 aromatic rings. The van der Waals surface area contributed by atoms with Crippen LogP contribution in [0.4, 0.5) is 5.82 Å². The molecule has 0 radical (unpaired) electrons. The van der Waals surface area contributed by atoms with Gasteiger partial charge in [0.1, 0.15) is 12.1 Å². The highest BCUT2D eigenvalue weighted by atomic mass is 35.5. The van der Waals surface area contributed by atoms with Crippen molar-refractivity contribution in [3.63, 3.8) is 0 Å². The molecule has 1 aromatic carbocycles. The summed E-state index contributed by atoms with van der Waals surface area (Å²) in [6.45, 7) is 4.46. The van der Waals surface area contributed by atoms with Crippen LogP contribution in [0.15, 0.2) is 61.2 Å². The molecule has 2 N–H and O–H groups in total. The Morgan fingerprint density at radius 3 is 2.71 bits per heavy atom. The Morgan fingerprint density at radius 2 is 1.97 bits per heavy atom. The Hall–Kier alpha value is -3.23. The molecule has 0 aliphatic rings. The maximum atomic E-state index is 12.8. The van der Waals surface area contributed by atoms with Crippen molar-refractivity contribution < 1.29 is 4.79 Å². The Morgan fingerprint density at radius 1 is 1.11 bits per heavy atom. The Balaban J connectivity index is 1.57. The van der Waals surface area contributed by atoms with E-state index in [-0.39, 0.29) is 17.2 Å². The van der Waals surface area contributed by atoms with Crippen LogP contribution in [-0.2, 0) is 0 Å². The van der Waals surface area contributed by atoms with Crippen molar-refractivity contribution in [3.05, 3.63) is 78.0 Å². The SMILES string of the molecule is CSC(CNc1cc(-c2ccc(C)nc2)ncn1)c1cccc2c(C(=O)NC(C)CCl)ccnc12. The number of para-hydroxylation sites is 1. The predicted octanol–water partition coefficient (Wildman–Crippen LogP) is 5.27. The van der Waals surface area contributed by atoms with Gasteiger partial charge in [0.2, 0.25) is 0 Å². The highest BCUT2D eigenvalue weighted by Gasteiger charge is 2.19. The second-order valence-electron chi connectivity index (χ2n) is 8.21. The van der Waals surface area contributed by atoms with E-state index in [4.69, 9.17) is 11.6 Å². The maximum Gasteiger partial charge on any atom is 0.252 e. The Kier molecular flexibility index (Phi) is 8.15. The van der Waals surface area contributed by atoms with Crippen LogP contribution in [0.1, 0.15) is 33.8 Å². The smallest absolute Gasteiger partial charge is 0.252 e. The Labute approximate surface area is 214 Å². The molecule has 0 spiro atoms. The van der Waals surface area contributed by atoms with E-state index in [0.29, 0.717) is 18.0 Å². The number of nitrogens with zero attached hydrogens (tertiary/aromatic N) is 4. The molecule has 2 atom stereocenters. The lowest BCUT2D eigenvalue weighted by molar-refractivity contribution is 0.0945. The maximum absolute atomic E-state index is 12.8. The van der Waals surface area contributed by atoms with E-state index < -0.39 is 0 Å². The average Bonchev–Trinajstić information content (AvgIpc) is 2.89. The van der Waals surface area contributed by atoms with E-state index in [1.807, 2.05) is 50.4 Å². The number of aromatic nitrogens is 4. The third-order valence-corrected chi connectivity index (χ3v) is 7.08. The van der Waals surface area contributed by atoms with Crippen LogP contribution >= 0.6 is 23.4 Å². The number of anilines is 1. The zero-order chi connectivity index (χ0) is 24.8. The van der Waals surface area contributed by atoms with E-state index in [1.54, 1.807) is 30.4 Å². The van der Waals surface area contributed by atoms with Gasteiger partial charge in [0.15, 0.2) is 0 Å². The van der Waals surface area contributed by atoms with Crippen molar-refractivity contribution in [2.24, 2.45) is 0 Å². The minimum Gasteiger partial charge on any atom is -0.368 e. The van der Waals surface area contributed by atoms with E-state index in [1.165, 1.54) is 0 Å². The summed E-state index contributed by atoms with van der Waals surface area (Å²) in [6.07, 6.45) is 7.11. The van der Waals surface area contributed by atoms with Crippen LogP contribution in [0.25, 0.3) is 22.2 Å². The molecule has 7 nitrogen and oxygen atoms in total. The molecule has 180 valence electrons. The van der Waals surface area contributed by atoms with E-state index in [2.05, 4.69) is 42.9 Å². The van der Waals surface area contributed by atoms with Gasteiger partial charge < -0.3 is 10.6 Å². The first kappa shape index (κ1) is 24.9. The molecular weight excluding hydrogens is 480 g/mol. The van der Waals surface area contributed by atoms with Crippen LogP contribution in [0.5, 0.6) is 0 Å². The molecule has 35 heavy (non-hydrogen) atoms. The number of nitrogens with one attached hydrogen (secondary N) is 2. The van der Waals surface area contributed by atoms with Gasteiger partial charge in [-0.1, -0.05) is 18.2 Å². The summed E-state index contributed by atoms with van der Waals surface area (Å²) in [4.78, 5) is 30.6. The normalized spacial score (nSPS) is 12.8. The summed E-state index contributed by atoms with van der Waals surface area (Å²) in [5.41, 5.74) is 5.17. The number of halogens is 1. The standard InChI is InChI=1S/C26H27ClN6OS/c1-16-7-8-18(13-29-16)22-11-24(32-15-31-22)30-14-23(35-3)21-6-4-5-19-20(9-10-28-25(19)21)26(34)33-17(2)12-27/h4-11,13,15,17,23H,12,14H2,1-3H3,(H,33,34)(H,30,31,32). The minimum absolute atomic E-state index is 0.0886.